The number of anilines is 2. The molecule has 0 aliphatic carbocycles. The minimum absolute atomic E-state index is 0.269. The maximum atomic E-state index is 12.1. The highest BCUT2D eigenvalue weighted by atomic mass is 79.9. The van der Waals surface area contributed by atoms with Crippen LogP contribution in [0, 0.1) is 0 Å². The van der Waals surface area contributed by atoms with Gasteiger partial charge in [0.05, 0.1) is 0 Å². The number of nitrogens with zero attached hydrogens (tertiary/aromatic N) is 2. The van der Waals surface area contributed by atoms with Crippen LogP contribution in [-0.2, 0) is 6.42 Å². The van der Waals surface area contributed by atoms with E-state index in [-0.39, 0.29) is 5.56 Å². The number of nitrogens with one attached hydrogen (secondary N) is 2. The average molecular weight is 392 g/mol. The van der Waals surface area contributed by atoms with E-state index in [4.69, 9.17) is 11.6 Å². The molecule has 0 saturated heterocycles. The summed E-state index contributed by atoms with van der Waals surface area (Å²) in [6.07, 6.45) is 0.401. The van der Waals surface area contributed by atoms with E-state index in [9.17, 15) is 4.79 Å². The van der Waals surface area contributed by atoms with Gasteiger partial charge in [0.15, 0.2) is 0 Å². The Hall–Kier alpha value is -2.18. The van der Waals surface area contributed by atoms with Crippen LogP contribution in [0.5, 0.6) is 0 Å². The van der Waals surface area contributed by atoms with Crippen LogP contribution in [0.2, 0.25) is 5.02 Å². The molecule has 0 aliphatic heterocycles. The minimum atomic E-state index is -0.269. The molecule has 0 unspecified atom stereocenters. The van der Waals surface area contributed by atoms with Gasteiger partial charge in [-0.05, 0) is 42.0 Å². The molecule has 3 aromatic rings. The second-order valence-electron chi connectivity index (χ2n) is 4.88. The van der Waals surface area contributed by atoms with Gasteiger partial charge in [0.1, 0.15) is 5.69 Å². The van der Waals surface area contributed by atoms with Gasteiger partial charge in [-0.15, -0.1) is 10.2 Å². The average Bonchev–Trinajstić information content (AvgIpc) is 2.54. The second-order valence-corrected chi connectivity index (χ2v) is 6.24. The maximum Gasteiger partial charge on any atom is 0.274 e. The fraction of sp³-hybridized carbons (Fsp3) is 0.0625. The molecular formula is C16H12BrClN4O. The zero-order chi connectivity index (χ0) is 16.2. The summed E-state index contributed by atoms with van der Waals surface area (Å²) >= 11 is 9.21. The van der Waals surface area contributed by atoms with Gasteiger partial charge in [0.2, 0.25) is 5.95 Å². The molecule has 116 valence electrons. The predicted molar refractivity (Wildman–Crippen MR) is 94.3 cm³/mol. The third-order valence-corrected chi connectivity index (χ3v) is 3.94. The zero-order valence-electron chi connectivity index (χ0n) is 11.9. The molecule has 0 aliphatic rings. The highest BCUT2D eigenvalue weighted by Crippen LogP contribution is 2.16. The van der Waals surface area contributed by atoms with Crippen molar-refractivity contribution >= 4 is 39.2 Å². The summed E-state index contributed by atoms with van der Waals surface area (Å²) in [7, 11) is 0. The van der Waals surface area contributed by atoms with Gasteiger partial charge in [0.25, 0.3) is 5.56 Å². The van der Waals surface area contributed by atoms with Crippen LogP contribution in [-0.4, -0.2) is 15.2 Å². The van der Waals surface area contributed by atoms with Crippen LogP contribution in [0.4, 0.5) is 11.6 Å². The number of H-pyrrole nitrogens is 1. The molecule has 2 aromatic carbocycles. The van der Waals surface area contributed by atoms with Crippen LogP contribution in [0.3, 0.4) is 0 Å². The second kappa shape index (κ2) is 6.93. The van der Waals surface area contributed by atoms with E-state index in [1.54, 1.807) is 12.1 Å². The topological polar surface area (TPSA) is 70.7 Å². The highest BCUT2D eigenvalue weighted by molar-refractivity contribution is 9.10. The number of benzene rings is 2. The lowest BCUT2D eigenvalue weighted by Gasteiger charge is -2.05. The van der Waals surface area contributed by atoms with Crippen molar-refractivity contribution in [1.82, 2.24) is 15.2 Å². The largest absolute Gasteiger partial charge is 0.324 e. The Morgan fingerprint density at radius 2 is 1.74 bits per heavy atom. The van der Waals surface area contributed by atoms with Gasteiger partial charge in [0, 0.05) is 21.6 Å². The van der Waals surface area contributed by atoms with Crippen LogP contribution < -0.4 is 10.9 Å². The molecule has 0 atom stereocenters. The van der Waals surface area contributed by atoms with Crippen molar-refractivity contribution in [2.24, 2.45) is 0 Å². The van der Waals surface area contributed by atoms with E-state index in [1.165, 1.54) is 0 Å². The van der Waals surface area contributed by atoms with Crippen molar-refractivity contribution in [3.63, 3.8) is 0 Å². The lowest BCUT2D eigenvalue weighted by Crippen LogP contribution is -2.18. The molecular weight excluding hydrogens is 380 g/mol. The van der Waals surface area contributed by atoms with E-state index in [0.29, 0.717) is 23.1 Å². The fourth-order valence-electron chi connectivity index (χ4n) is 2.00. The van der Waals surface area contributed by atoms with Crippen molar-refractivity contribution < 1.29 is 0 Å². The Kier molecular flexibility index (Phi) is 4.73. The smallest absolute Gasteiger partial charge is 0.274 e. The SMILES string of the molecule is O=c1[nH]c(Nc2ccc(Br)cc2)nnc1Cc1ccc(Cl)cc1. The number of rotatable bonds is 4. The molecule has 0 spiro atoms. The van der Waals surface area contributed by atoms with Gasteiger partial charge < -0.3 is 5.32 Å². The molecule has 0 saturated carbocycles. The van der Waals surface area contributed by atoms with Gasteiger partial charge in [-0.25, -0.2) is 0 Å². The van der Waals surface area contributed by atoms with Crippen molar-refractivity contribution in [1.29, 1.82) is 0 Å². The first-order valence-electron chi connectivity index (χ1n) is 6.83. The lowest BCUT2D eigenvalue weighted by atomic mass is 10.1. The molecule has 0 radical (unpaired) electrons. The fourth-order valence-corrected chi connectivity index (χ4v) is 2.39. The number of hydrogen-bond donors (Lipinski definition) is 2. The van der Waals surface area contributed by atoms with Crippen LogP contribution in [0.25, 0.3) is 0 Å². The molecule has 0 bridgehead atoms. The van der Waals surface area contributed by atoms with E-state index in [2.05, 4.69) is 36.4 Å². The standard InChI is InChI=1S/C16H12BrClN4O/c17-11-3-7-13(8-4-11)19-16-20-15(23)14(21-22-16)9-10-1-5-12(18)6-2-10/h1-8H,9H2,(H2,19,20,22,23). The first kappa shape index (κ1) is 15.7. The molecule has 7 heteroatoms. The Bertz CT molecular complexity index is 862. The summed E-state index contributed by atoms with van der Waals surface area (Å²) in [5, 5.41) is 11.7. The van der Waals surface area contributed by atoms with Gasteiger partial charge in [-0.3, -0.25) is 9.78 Å². The van der Waals surface area contributed by atoms with Gasteiger partial charge >= 0.3 is 0 Å². The van der Waals surface area contributed by atoms with E-state index in [1.807, 2.05) is 36.4 Å². The zero-order valence-corrected chi connectivity index (χ0v) is 14.2. The minimum Gasteiger partial charge on any atom is -0.324 e. The number of hydrogen-bond acceptors (Lipinski definition) is 4. The van der Waals surface area contributed by atoms with Crippen molar-refractivity contribution in [3.05, 3.63) is 79.6 Å². The summed E-state index contributed by atoms with van der Waals surface area (Å²) in [4.78, 5) is 14.8. The number of halogens is 2. The molecule has 0 fully saturated rings. The Balaban J connectivity index is 1.76. The predicted octanol–water partition coefficient (Wildman–Crippen LogP) is 3.92. The quantitative estimate of drug-likeness (QED) is 0.707. The Labute approximate surface area is 145 Å². The molecule has 5 nitrogen and oxygen atoms in total. The summed E-state index contributed by atoms with van der Waals surface area (Å²) < 4.78 is 0.973. The Morgan fingerprint density at radius 3 is 2.39 bits per heavy atom. The first-order valence-corrected chi connectivity index (χ1v) is 8.00. The van der Waals surface area contributed by atoms with Crippen LogP contribution in [0.15, 0.2) is 57.8 Å². The van der Waals surface area contributed by atoms with Crippen LogP contribution in [0.1, 0.15) is 11.3 Å². The molecule has 1 aromatic heterocycles. The number of aromatic amines is 1. The molecule has 1 heterocycles. The third-order valence-electron chi connectivity index (χ3n) is 3.16. The van der Waals surface area contributed by atoms with Crippen molar-refractivity contribution in [2.45, 2.75) is 6.42 Å². The molecule has 3 rings (SSSR count). The van der Waals surface area contributed by atoms with Gasteiger partial charge in [-0.2, -0.15) is 0 Å². The van der Waals surface area contributed by atoms with E-state index < -0.39 is 0 Å². The maximum absolute atomic E-state index is 12.1. The summed E-state index contributed by atoms with van der Waals surface area (Å²) in [6, 6.07) is 14.8. The van der Waals surface area contributed by atoms with Crippen molar-refractivity contribution in [3.8, 4) is 0 Å². The summed E-state index contributed by atoms with van der Waals surface area (Å²) in [5.74, 6) is 0.303. The third kappa shape index (κ3) is 4.18. The lowest BCUT2D eigenvalue weighted by molar-refractivity contribution is 0.874. The summed E-state index contributed by atoms with van der Waals surface area (Å²) in [5.41, 5.74) is 1.84. The summed E-state index contributed by atoms with van der Waals surface area (Å²) in [6.45, 7) is 0. The normalized spacial score (nSPS) is 10.5. The number of aromatic nitrogens is 3. The Morgan fingerprint density at radius 1 is 1.04 bits per heavy atom. The molecule has 23 heavy (non-hydrogen) atoms. The van der Waals surface area contributed by atoms with E-state index in [0.717, 1.165) is 15.7 Å². The van der Waals surface area contributed by atoms with Crippen molar-refractivity contribution in [2.75, 3.05) is 5.32 Å². The van der Waals surface area contributed by atoms with Gasteiger partial charge in [-0.1, -0.05) is 39.7 Å². The molecule has 2 N–H and O–H groups in total. The highest BCUT2D eigenvalue weighted by Gasteiger charge is 2.06. The monoisotopic (exact) mass is 390 g/mol. The van der Waals surface area contributed by atoms with Crippen LogP contribution >= 0.6 is 27.5 Å². The molecule has 0 amide bonds. The van der Waals surface area contributed by atoms with E-state index >= 15 is 0 Å². The first-order chi connectivity index (χ1) is 11.1.